The number of hydrogen-bond donors (Lipinski definition) is 5. The lowest BCUT2D eigenvalue weighted by atomic mass is 10.0. The van der Waals surface area contributed by atoms with Crippen LogP contribution >= 0.6 is 15.2 Å². The van der Waals surface area contributed by atoms with Gasteiger partial charge in [-0.25, -0.2) is 0 Å². The molecule has 0 radical (unpaired) electrons. The molecule has 17 heavy (non-hydrogen) atoms. The molecule has 0 aliphatic heterocycles. The number of rotatable bonds is 2. The Kier molecular flexibility index (Phi) is 2.74. The molecule has 0 fully saturated rings. The monoisotopic (exact) mass is 279 g/mol. The van der Waals surface area contributed by atoms with E-state index in [2.05, 4.69) is 4.98 Å². The lowest BCUT2D eigenvalue weighted by molar-refractivity contribution is 0.320. The Bertz CT molecular complexity index is 542. The zero-order valence-corrected chi connectivity index (χ0v) is 10.3. The van der Waals surface area contributed by atoms with Gasteiger partial charge in [0.15, 0.2) is 4.90 Å². The van der Waals surface area contributed by atoms with E-state index in [0.29, 0.717) is 11.3 Å². The fraction of sp³-hybridized carbons (Fsp3) is 0.250. The van der Waals surface area contributed by atoms with Crippen molar-refractivity contribution in [1.82, 2.24) is 4.98 Å². The highest BCUT2D eigenvalue weighted by Crippen LogP contribution is 2.71. The Hall–Kier alpha value is -0.680. The Labute approximate surface area is 96.5 Å². The molecular formula is C8H11NO6P2. The van der Waals surface area contributed by atoms with Crippen LogP contribution in [0.25, 0.3) is 6.08 Å². The first kappa shape index (κ1) is 12.8. The summed E-state index contributed by atoms with van der Waals surface area (Å²) in [4.78, 5) is 37.2. The maximum Gasteiger partial charge on any atom is 0.347 e. The van der Waals surface area contributed by atoms with Crippen LogP contribution in [0.5, 0.6) is 0 Å². The summed E-state index contributed by atoms with van der Waals surface area (Å²) in [6.45, 7) is 0. The van der Waals surface area contributed by atoms with E-state index in [9.17, 15) is 28.7 Å². The minimum absolute atomic E-state index is 0.402. The molecule has 0 saturated heterocycles. The van der Waals surface area contributed by atoms with Gasteiger partial charge in [0.2, 0.25) is 0 Å². The molecule has 1 aliphatic rings. The molecule has 5 N–H and O–H groups in total. The zero-order valence-electron chi connectivity index (χ0n) is 8.52. The van der Waals surface area contributed by atoms with Crippen molar-refractivity contribution in [1.29, 1.82) is 0 Å². The van der Waals surface area contributed by atoms with Crippen LogP contribution in [0.3, 0.4) is 0 Å². The van der Waals surface area contributed by atoms with Gasteiger partial charge in [0, 0.05) is 18.3 Å². The summed E-state index contributed by atoms with van der Waals surface area (Å²) in [6, 6.07) is 1.66. The van der Waals surface area contributed by atoms with Crippen LogP contribution < -0.4 is 0 Å². The summed E-state index contributed by atoms with van der Waals surface area (Å²) < 4.78 is 22.8. The fourth-order valence-electron chi connectivity index (χ4n) is 1.84. The number of hydrogen-bond acceptors (Lipinski definition) is 2. The molecule has 0 aromatic carbocycles. The molecule has 1 aromatic rings. The van der Waals surface area contributed by atoms with Gasteiger partial charge in [-0.2, -0.15) is 0 Å². The molecule has 9 heteroatoms. The summed E-state index contributed by atoms with van der Waals surface area (Å²) in [5.74, 6) is 0. The lowest BCUT2D eigenvalue weighted by Gasteiger charge is -2.33. The van der Waals surface area contributed by atoms with Crippen molar-refractivity contribution in [2.24, 2.45) is 0 Å². The van der Waals surface area contributed by atoms with Crippen LogP contribution in [0.4, 0.5) is 0 Å². The Balaban J connectivity index is 2.62. The molecule has 0 amide bonds. The molecule has 1 aliphatic carbocycles. The largest absolute Gasteiger partial charge is 0.364 e. The van der Waals surface area contributed by atoms with Crippen LogP contribution in [0.15, 0.2) is 18.3 Å². The second kappa shape index (κ2) is 3.65. The number of fused-ring (bicyclic) bond motifs is 1. The van der Waals surface area contributed by atoms with E-state index in [1.807, 2.05) is 0 Å². The third-order valence-electron chi connectivity index (χ3n) is 2.84. The van der Waals surface area contributed by atoms with Crippen LogP contribution in [-0.2, 0) is 15.6 Å². The molecule has 1 heterocycles. The second-order valence-electron chi connectivity index (χ2n) is 3.89. The smallest absolute Gasteiger partial charge is 0.347 e. The minimum atomic E-state index is -4.99. The first-order valence-electron chi connectivity index (χ1n) is 4.64. The fourth-order valence-corrected chi connectivity index (χ4v) is 4.46. The molecule has 0 unspecified atom stereocenters. The van der Waals surface area contributed by atoms with Crippen molar-refractivity contribution < 1.29 is 28.7 Å². The van der Waals surface area contributed by atoms with Crippen LogP contribution in [0.1, 0.15) is 11.3 Å². The second-order valence-corrected chi connectivity index (χ2v) is 8.01. The van der Waals surface area contributed by atoms with Gasteiger partial charge in [-0.3, -0.25) is 9.13 Å². The SMILES string of the molecule is O=P(O)(O)C1(P(=O)(O)O)C=Cc2cc[nH]c2C1. The van der Waals surface area contributed by atoms with E-state index < -0.39 is 26.5 Å². The van der Waals surface area contributed by atoms with Crippen LogP contribution in [0.2, 0.25) is 0 Å². The van der Waals surface area contributed by atoms with Gasteiger partial charge in [0.25, 0.3) is 0 Å². The Morgan fingerprint density at radius 1 is 1.18 bits per heavy atom. The third-order valence-corrected chi connectivity index (χ3v) is 7.04. The van der Waals surface area contributed by atoms with Gasteiger partial charge in [0.05, 0.1) is 0 Å². The summed E-state index contributed by atoms with van der Waals surface area (Å²) in [5.41, 5.74) is 1.07. The highest BCUT2D eigenvalue weighted by Gasteiger charge is 2.59. The van der Waals surface area contributed by atoms with Gasteiger partial charge in [0.1, 0.15) is 0 Å². The number of aromatic nitrogens is 1. The summed E-state index contributed by atoms with van der Waals surface area (Å²) >= 11 is 0. The molecule has 0 spiro atoms. The molecule has 94 valence electrons. The van der Waals surface area contributed by atoms with E-state index in [0.717, 1.165) is 6.08 Å². The number of aromatic amines is 1. The zero-order chi connectivity index (χ0) is 12.9. The maximum atomic E-state index is 11.4. The van der Waals surface area contributed by atoms with Gasteiger partial charge < -0.3 is 24.6 Å². The predicted octanol–water partition coefficient (Wildman–Crippen LogP) is 0.636. The summed E-state index contributed by atoms with van der Waals surface area (Å²) in [6.07, 6.45) is 3.36. The normalized spacial score (nSPS) is 19.1. The van der Waals surface area contributed by atoms with E-state index >= 15 is 0 Å². The standard InChI is InChI=1S/C8H11NO6P2/c10-16(11,12)8(17(13,14)15)3-1-6-2-4-9-7(6)5-8/h1-4,9H,5H2,(H2,10,11,12)(H2,13,14,15). The Morgan fingerprint density at radius 3 is 2.29 bits per heavy atom. The lowest BCUT2D eigenvalue weighted by Crippen LogP contribution is -2.31. The van der Waals surface area contributed by atoms with Crippen molar-refractivity contribution in [2.75, 3.05) is 0 Å². The summed E-state index contributed by atoms with van der Waals surface area (Å²) in [7, 11) is -9.99. The van der Waals surface area contributed by atoms with Crippen molar-refractivity contribution in [2.45, 2.75) is 11.3 Å². The summed E-state index contributed by atoms with van der Waals surface area (Å²) in [5, 5.41) is 0. The number of nitrogens with one attached hydrogen (secondary N) is 1. The van der Waals surface area contributed by atoms with Crippen molar-refractivity contribution in [3.8, 4) is 0 Å². The molecule has 0 saturated carbocycles. The highest BCUT2D eigenvalue weighted by atomic mass is 31.2. The molecular weight excluding hydrogens is 268 g/mol. The van der Waals surface area contributed by atoms with Crippen LogP contribution in [-0.4, -0.2) is 29.5 Å². The molecule has 7 nitrogen and oxygen atoms in total. The van der Waals surface area contributed by atoms with Gasteiger partial charge in [-0.05, 0) is 11.6 Å². The Morgan fingerprint density at radius 2 is 1.76 bits per heavy atom. The van der Waals surface area contributed by atoms with E-state index in [4.69, 9.17) is 0 Å². The van der Waals surface area contributed by atoms with Gasteiger partial charge >= 0.3 is 15.2 Å². The highest BCUT2D eigenvalue weighted by molar-refractivity contribution is 7.72. The van der Waals surface area contributed by atoms with Gasteiger partial charge in [-0.15, -0.1) is 0 Å². The number of allylic oxidation sites excluding steroid dienone is 1. The maximum absolute atomic E-state index is 11.4. The third kappa shape index (κ3) is 1.85. The van der Waals surface area contributed by atoms with E-state index in [-0.39, 0.29) is 0 Å². The quantitative estimate of drug-likeness (QED) is 0.505. The predicted molar refractivity (Wildman–Crippen MR) is 60.3 cm³/mol. The average molecular weight is 279 g/mol. The molecule has 1 aromatic heterocycles. The number of H-pyrrole nitrogens is 1. The van der Waals surface area contributed by atoms with Crippen LogP contribution in [0, 0.1) is 0 Å². The molecule has 0 bridgehead atoms. The first-order valence-corrected chi connectivity index (χ1v) is 7.87. The molecule has 0 atom stereocenters. The van der Waals surface area contributed by atoms with E-state index in [1.165, 1.54) is 6.08 Å². The average Bonchev–Trinajstić information content (AvgIpc) is 2.59. The van der Waals surface area contributed by atoms with Crippen molar-refractivity contribution in [3.63, 3.8) is 0 Å². The minimum Gasteiger partial charge on any atom is -0.364 e. The first-order chi connectivity index (χ1) is 7.67. The van der Waals surface area contributed by atoms with Gasteiger partial charge in [-0.1, -0.05) is 12.2 Å². The molecule has 2 rings (SSSR count). The topological polar surface area (TPSA) is 131 Å². The van der Waals surface area contributed by atoms with Crippen molar-refractivity contribution in [3.05, 3.63) is 29.6 Å². The van der Waals surface area contributed by atoms with E-state index in [1.54, 1.807) is 12.3 Å². The van der Waals surface area contributed by atoms with Crippen molar-refractivity contribution >= 4 is 21.3 Å².